The number of alkyl halides is 2. The van der Waals surface area contributed by atoms with E-state index in [9.17, 15) is 9.59 Å². The summed E-state index contributed by atoms with van der Waals surface area (Å²) >= 11 is 12.3. The second-order valence-corrected chi connectivity index (χ2v) is 17.3. The van der Waals surface area contributed by atoms with Crippen molar-refractivity contribution in [2.45, 2.75) is 174 Å². The molecule has 0 bridgehead atoms. The summed E-state index contributed by atoms with van der Waals surface area (Å²) in [7, 11) is 0. The van der Waals surface area contributed by atoms with Gasteiger partial charge in [-0.15, -0.1) is 23.2 Å². The number of carbonyl (C=O) groups is 2. The van der Waals surface area contributed by atoms with Crippen molar-refractivity contribution >= 4 is 35.1 Å². The fourth-order valence-electron chi connectivity index (χ4n) is 6.58. The van der Waals surface area contributed by atoms with E-state index in [1.165, 1.54) is 96.3 Å². The predicted molar refractivity (Wildman–Crippen MR) is 252 cm³/mol. The average Bonchev–Trinajstić information content (AvgIpc) is 3.29. The molecule has 4 aromatic rings. The molecule has 2 aromatic heterocycles. The molecule has 0 fully saturated rings. The first-order chi connectivity index (χ1) is 29.6. The Morgan fingerprint density at radius 3 is 1.10 bits per heavy atom. The number of aryl methyl sites for hydroxylation is 2. The molecule has 2 aromatic carbocycles. The highest BCUT2D eigenvalue weighted by Gasteiger charge is 2.24. The predicted octanol–water partition coefficient (Wildman–Crippen LogP) is 14.4. The van der Waals surface area contributed by atoms with Gasteiger partial charge in [0.2, 0.25) is 0 Å². The van der Waals surface area contributed by atoms with E-state index in [2.05, 4.69) is 33.8 Å². The van der Waals surface area contributed by atoms with E-state index < -0.39 is 22.7 Å². The quantitative estimate of drug-likeness (QED) is 0.0252. The molecule has 334 valence electrons. The highest BCUT2D eigenvalue weighted by molar-refractivity contribution is 6.30. The van der Waals surface area contributed by atoms with Gasteiger partial charge in [-0.25, -0.2) is 0 Å². The lowest BCUT2D eigenvalue weighted by atomic mass is 10.1. The molecule has 10 heteroatoms. The molecule has 61 heavy (non-hydrogen) atoms. The zero-order chi connectivity index (χ0) is 44.2. The Morgan fingerprint density at radius 1 is 0.475 bits per heavy atom. The minimum Gasteiger partial charge on any atom is -0.425 e. The Labute approximate surface area is 377 Å². The first-order valence-corrected chi connectivity index (χ1v) is 24.0. The fraction of sp³-hybridized carbons (Fsp3) is 0.569. The number of esters is 2. The molecule has 4 rings (SSSR count). The van der Waals surface area contributed by atoms with Crippen molar-refractivity contribution in [2.75, 3.05) is 0 Å². The Morgan fingerprint density at radius 2 is 0.803 bits per heavy atom. The molecule has 2 heterocycles. The third-order valence-electron chi connectivity index (χ3n) is 11.2. The molecule has 4 atom stereocenters. The van der Waals surface area contributed by atoms with Crippen molar-refractivity contribution in [3.8, 4) is 34.0 Å². The lowest BCUT2D eigenvalue weighted by Gasteiger charge is -2.14. The van der Waals surface area contributed by atoms with Gasteiger partial charge in [0.15, 0.2) is 0 Å². The lowest BCUT2D eigenvalue weighted by molar-refractivity contribution is -0.135. The van der Waals surface area contributed by atoms with Crippen LogP contribution >= 0.6 is 23.2 Å². The van der Waals surface area contributed by atoms with Crippen LogP contribution < -0.4 is 9.47 Å². The van der Waals surface area contributed by atoms with E-state index in [1.54, 1.807) is 24.3 Å². The number of benzene rings is 2. The standard InChI is InChI=1S/C26H37ClN2O2.C25H35ClN2O2/c1-4-6-7-8-9-10-11-12-13-22-18-29-24(19-28-22)21-14-16-23(17-15-21)31-26(30)25(27)20(3)5-2;1-4-6-7-8-9-10-11-12-21-17-28-23(18-27-21)20-13-15-22(16-14-20)30-25(29)24(26)19(3)5-2/h14-20,25H,4-13H2,1-3H3;13-19,24H,4-12H2,1-3H3. The molecule has 0 saturated heterocycles. The molecule has 0 aliphatic heterocycles. The van der Waals surface area contributed by atoms with Gasteiger partial charge in [-0.05, 0) is 86.1 Å². The van der Waals surface area contributed by atoms with E-state index in [1.807, 2.05) is 76.7 Å². The van der Waals surface area contributed by atoms with Crippen LogP contribution in [0.5, 0.6) is 11.5 Å². The minimum atomic E-state index is -0.635. The summed E-state index contributed by atoms with van der Waals surface area (Å²) in [4.78, 5) is 42.5. The smallest absolute Gasteiger partial charge is 0.329 e. The van der Waals surface area contributed by atoms with Crippen molar-refractivity contribution in [3.05, 3.63) is 84.7 Å². The molecule has 8 nitrogen and oxygen atoms in total. The van der Waals surface area contributed by atoms with Gasteiger partial charge in [0.1, 0.15) is 22.3 Å². The summed E-state index contributed by atoms with van der Waals surface area (Å²) in [5.41, 5.74) is 5.58. The maximum atomic E-state index is 12.1. The molecule has 0 aliphatic rings. The summed E-state index contributed by atoms with van der Waals surface area (Å²) in [5.74, 6) is 0.312. The van der Waals surface area contributed by atoms with E-state index in [-0.39, 0.29) is 11.8 Å². The Bertz CT molecular complexity index is 1770. The van der Waals surface area contributed by atoms with Crippen LogP contribution in [0.25, 0.3) is 22.5 Å². The van der Waals surface area contributed by atoms with Crippen LogP contribution in [-0.2, 0) is 22.4 Å². The minimum absolute atomic E-state index is 0.0769. The first kappa shape index (κ1) is 51.5. The van der Waals surface area contributed by atoms with Crippen LogP contribution in [-0.4, -0.2) is 42.6 Å². The van der Waals surface area contributed by atoms with E-state index in [4.69, 9.17) is 32.7 Å². The zero-order valence-electron chi connectivity index (χ0n) is 37.9. The summed E-state index contributed by atoms with van der Waals surface area (Å²) < 4.78 is 10.8. The van der Waals surface area contributed by atoms with Gasteiger partial charge in [0.25, 0.3) is 0 Å². The Kier molecular flexibility index (Phi) is 25.5. The lowest BCUT2D eigenvalue weighted by Crippen LogP contribution is -2.26. The van der Waals surface area contributed by atoms with Crippen LogP contribution in [0, 0.1) is 11.8 Å². The maximum Gasteiger partial charge on any atom is 0.329 e. The molecule has 0 radical (unpaired) electrons. The van der Waals surface area contributed by atoms with Crippen molar-refractivity contribution in [3.63, 3.8) is 0 Å². The van der Waals surface area contributed by atoms with E-state index in [0.29, 0.717) is 11.5 Å². The molecule has 0 aliphatic carbocycles. The van der Waals surface area contributed by atoms with Crippen LogP contribution in [0.4, 0.5) is 0 Å². The average molecular weight is 876 g/mol. The molecule has 0 N–H and O–H groups in total. The van der Waals surface area contributed by atoms with Crippen LogP contribution in [0.1, 0.15) is 162 Å². The topological polar surface area (TPSA) is 104 Å². The number of rotatable bonds is 27. The number of ether oxygens (including phenoxy) is 2. The number of aromatic nitrogens is 4. The van der Waals surface area contributed by atoms with E-state index >= 15 is 0 Å². The van der Waals surface area contributed by atoms with Crippen LogP contribution in [0.3, 0.4) is 0 Å². The largest absolute Gasteiger partial charge is 0.425 e. The summed E-state index contributed by atoms with van der Waals surface area (Å²) in [5, 5.41) is -1.27. The van der Waals surface area contributed by atoms with E-state index in [0.717, 1.165) is 59.6 Å². The van der Waals surface area contributed by atoms with Gasteiger partial charge in [-0.3, -0.25) is 29.5 Å². The van der Waals surface area contributed by atoms with Gasteiger partial charge >= 0.3 is 11.9 Å². The highest BCUT2D eigenvalue weighted by Crippen LogP contribution is 2.25. The van der Waals surface area contributed by atoms with Crippen LogP contribution in [0.15, 0.2) is 73.3 Å². The maximum absolute atomic E-state index is 12.1. The van der Waals surface area contributed by atoms with Crippen molar-refractivity contribution in [2.24, 2.45) is 11.8 Å². The van der Waals surface area contributed by atoms with Crippen molar-refractivity contribution < 1.29 is 19.1 Å². The SMILES string of the molecule is CCCCCCCCCCc1cnc(-c2ccc(OC(=O)C(Cl)C(C)CC)cc2)cn1.CCCCCCCCCc1cnc(-c2ccc(OC(=O)C(Cl)C(C)CC)cc2)cn1. The van der Waals surface area contributed by atoms with Gasteiger partial charge in [0.05, 0.1) is 35.2 Å². The monoisotopic (exact) mass is 874 g/mol. The Balaban J connectivity index is 0.000000325. The van der Waals surface area contributed by atoms with Gasteiger partial charge in [-0.2, -0.15) is 0 Å². The number of hydrogen-bond donors (Lipinski definition) is 0. The summed E-state index contributed by atoms with van der Waals surface area (Å²) in [6, 6.07) is 14.6. The molecule has 0 spiro atoms. The van der Waals surface area contributed by atoms with Gasteiger partial charge in [0, 0.05) is 23.5 Å². The van der Waals surface area contributed by atoms with Gasteiger partial charge in [-0.1, -0.05) is 138 Å². The molecular formula is C51H72Cl2N4O4. The van der Waals surface area contributed by atoms with Crippen molar-refractivity contribution in [1.82, 2.24) is 19.9 Å². The van der Waals surface area contributed by atoms with Crippen LogP contribution in [0.2, 0.25) is 0 Å². The number of carbonyl (C=O) groups excluding carboxylic acids is 2. The van der Waals surface area contributed by atoms with Gasteiger partial charge < -0.3 is 9.47 Å². The number of nitrogens with zero attached hydrogens (tertiary/aromatic N) is 4. The summed E-state index contributed by atoms with van der Waals surface area (Å²) in [6.07, 6.45) is 30.5. The number of halogens is 2. The third-order valence-corrected chi connectivity index (χ3v) is 12.4. The summed E-state index contributed by atoms with van der Waals surface area (Å²) in [6.45, 7) is 12.4. The second-order valence-electron chi connectivity index (χ2n) is 16.3. The number of unbranched alkanes of at least 4 members (excludes halogenated alkanes) is 13. The Hall–Kier alpha value is -3.88. The highest BCUT2D eigenvalue weighted by atomic mass is 35.5. The molecular weight excluding hydrogens is 803 g/mol. The third kappa shape index (κ3) is 19.8. The molecule has 4 unspecified atom stereocenters. The normalized spacial score (nSPS) is 13.0. The van der Waals surface area contributed by atoms with Crippen molar-refractivity contribution in [1.29, 1.82) is 0 Å². The number of hydrogen-bond acceptors (Lipinski definition) is 8. The first-order valence-electron chi connectivity index (χ1n) is 23.1. The fourth-order valence-corrected chi connectivity index (χ4v) is 7.03. The molecule has 0 saturated carbocycles. The zero-order valence-corrected chi connectivity index (χ0v) is 39.4. The molecule has 0 amide bonds. The second kappa shape index (κ2) is 30.2.